The first kappa shape index (κ1) is 17.8. The van der Waals surface area contributed by atoms with Crippen molar-refractivity contribution in [2.24, 2.45) is 0 Å². The van der Waals surface area contributed by atoms with Crippen LogP contribution in [0.2, 0.25) is 0 Å². The van der Waals surface area contributed by atoms with Crippen molar-refractivity contribution in [2.45, 2.75) is 19.9 Å². The van der Waals surface area contributed by atoms with E-state index >= 15 is 0 Å². The second-order valence-corrected chi connectivity index (χ2v) is 6.59. The fraction of sp³-hybridized carbons (Fsp3) is 0.368. The average molecular weight is 354 g/mol. The molecule has 1 fully saturated rings. The second kappa shape index (κ2) is 7.51. The predicted octanol–water partition coefficient (Wildman–Crippen LogP) is 1.04. The molecule has 0 radical (unpaired) electrons. The van der Waals surface area contributed by atoms with Gasteiger partial charge >= 0.3 is 11.8 Å². The number of nitrogens with zero attached hydrogens (tertiary/aromatic N) is 3. The largest absolute Gasteiger partial charge is 0.346 e. The van der Waals surface area contributed by atoms with Crippen LogP contribution in [-0.4, -0.2) is 64.7 Å². The van der Waals surface area contributed by atoms with E-state index in [0.717, 1.165) is 10.9 Å². The fourth-order valence-corrected chi connectivity index (χ4v) is 3.03. The van der Waals surface area contributed by atoms with Crippen molar-refractivity contribution in [3.8, 4) is 0 Å². The maximum Gasteiger partial charge on any atom is 0.312 e. The van der Waals surface area contributed by atoms with E-state index in [1.807, 2.05) is 24.3 Å². The molecule has 0 saturated carbocycles. The van der Waals surface area contributed by atoms with E-state index in [0.29, 0.717) is 31.7 Å². The lowest BCUT2D eigenvalue weighted by Crippen LogP contribution is -2.54. The molecule has 136 valence electrons. The van der Waals surface area contributed by atoms with Gasteiger partial charge in [-0.1, -0.05) is 18.2 Å². The number of nitrogens with one attached hydrogen (secondary N) is 1. The number of rotatable bonds is 2. The SMILES string of the molecule is CC(C)NC(=O)C(=O)N1CCN(C(=O)c2ccnc3ccccc23)CC1. The van der Waals surface area contributed by atoms with Gasteiger partial charge in [0.1, 0.15) is 0 Å². The third kappa shape index (κ3) is 3.66. The standard InChI is InChI=1S/C19H22N4O3/c1-13(2)21-17(24)19(26)23-11-9-22(10-12-23)18(25)15-7-8-20-16-6-4-3-5-14(15)16/h3-8,13H,9-12H2,1-2H3,(H,21,24). The normalized spacial score (nSPS) is 14.6. The van der Waals surface area contributed by atoms with Crippen molar-refractivity contribution in [3.05, 3.63) is 42.1 Å². The van der Waals surface area contributed by atoms with Crippen LogP contribution < -0.4 is 5.32 Å². The highest BCUT2D eigenvalue weighted by Gasteiger charge is 2.28. The van der Waals surface area contributed by atoms with Crippen molar-refractivity contribution >= 4 is 28.6 Å². The lowest BCUT2D eigenvalue weighted by Gasteiger charge is -2.34. The number of benzene rings is 1. The van der Waals surface area contributed by atoms with Crippen LogP contribution in [0, 0.1) is 0 Å². The minimum absolute atomic E-state index is 0.0812. The zero-order valence-electron chi connectivity index (χ0n) is 14.9. The average Bonchev–Trinajstić information content (AvgIpc) is 2.66. The number of aromatic nitrogens is 1. The van der Waals surface area contributed by atoms with Gasteiger partial charge in [0.2, 0.25) is 0 Å². The minimum Gasteiger partial charge on any atom is -0.346 e. The summed E-state index contributed by atoms with van der Waals surface area (Å²) in [4.78, 5) is 44.4. The van der Waals surface area contributed by atoms with Gasteiger partial charge < -0.3 is 15.1 Å². The summed E-state index contributed by atoms with van der Waals surface area (Å²) in [7, 11) is 0. The van der Waals surface area contributed by atoms with E-state index in [1.54, 1.807) is 31.0 Å². The van der Waals surface area contributed by atoms with Crippen LogP contribution in [0.15, 0.2) is 36.5 Å². The molecule has 1 aromatic carbocycles. The molecule has 3 rings (SSSR count). The van der Waals surface area contributed by atoms with Crippen molar-refractivity contribution in [1.29, 1.82) is 0 Å². The molecule has 7 heteroatoms. The Morgan fingerprint density at radius 1 is 1.00 bits per heavy atom. The molecular weight excluding hydrogens is 332 g/mol. The quantitative estimate of drug-likeness (QED) is 0.817. The Morgan fingerprint density at radius 3 is 2.35 bits per heavy atom. The number of amides is 3. The molecule has 3 amide bonds. The molecule has 2 aromatic rings. The summed E-state index contributed by atoms with van der Waals surface area (Å²) < 4.78 is 0. The number of piperazine rings is 1. The van der Waals surface area contributed by atoms with Crippen LogP contribution >= 0.6 is 0 Å². The van der Waals surface area contributed by atoms with Crippen LogP contribution in [0.3, 0.4) is 0 Å². The van der Waals surface area contributed by atoms with E-state index in [2.05, 4.69) is 10.3 Å². The maximum atomic E-state index is 12.9. The predicted molar refractivity (Wildman–Crippen MR) is 97.5 cm³/mol. The first-order valence-electron chi connectivity index (χ1n) is 8.70. The van der Waals surface area contributed by atoms with Crippen LogP contribution in [0.4, 0.5) is 0 Å². The number of carbonyl (C=O) groups excluding carboxylic acids is 3. The molecule has 0 bridgehead atoms. The zero-order chi connectivity index (χ0) is 18.7. The number of pyridine rings is 1. The highest BCUT2D eigenvalue weighted by atomic mass is 16.2. The van der Waals surface area contributed by atoms with Crippen molar-refractivity contribution in [3.63, 3.8) is 0 Å². The summed E-state index contributed by atoms with van der Waals surface area (Å²) in [6.07, 6.45) is 1.63. The smallest absolute Gasteiger partial charge is 0.312 e. The first-order valence-corrected chi connectivity index (χ1v) is 8.70. The summed E-state index contributed by atoms with van der Waals surface area (Å²) >= 11 is 0. The lowest BCUT2D eigenvalue weighted by atomic mass is 10.1. The molecule has 1 saturated heterocycles. The number of para-hydroxylation sites is 1. The fourth-order valence-electron chi connectivity index (χ4n) is 3.03. The molecule has 26 heavy (non-hydrogen) atoms. The Kier molecular flexibility index (Phi) is 5.16. The Labute approximate surface area is 152 Å². The topological polar surface area (TPSA) is 82.6 Å². The van der Waals surface area contributed by atoms with Crippen molar-refractivity contribution < 1.29 is 14.4 Å². The van der Waals surface area contributed by atoms with E-state index in [-0.39, 0.29) is 11.9 Å². The third-order valence-electron chi connectivity index (χ3n) is 4.35. The molecule has 1 aliphatic heterocycles. The molecular formula is C19H22N4O3. The monoisotopic (exact) mass is 354 g/mol. The van der Waals surface area contributed by atoms with Gasteiger partial charge in [0, 0.05) is 43.8 Å². The molecule has 0 atom stereocenters. The second-order valence-electron chi connectivity index (χ2n) is 6.59. The summed E-state index contributed by atoms with van der Waals surface area (Å²) in [5.74, 6) is -1.22. The zero-order valence-corrected chi connectivity index (χ0v) is 14.9. The van der Waals surface area contributed by atoms with E-state index in [1.165, 1.54) is 4.90 Å². The van der Waals surface area contributed by atoms with Crippen LogP contribution in [-0.2, 0) is 9.59 Å². The van der Waals surface area contributed by atoms with Crippen molar-refractivity contribution in [2.75, 3.05) is 26.2 Å². The molecule has 7 nitrogen and oxygen atoms in total. The Morgan fingerprint density at radius 2 is 1.65 bits per heavy atom. The van der Waals surface area contributed by atoms with Gasteiger partial charge in [-0.15, -0.1) is 0 Å². The van der Waals surface area contributed by atoms with E-state index in [9.17, 15) is 14.4 Å². The summed E-state index contributed by atoms with van der Waals surface area (Å²) in [5.41, 5.74) is 1.38. The first-order chi connectivity index (χ1) is 12.5. The number of carbonyl (C=O) groups is 3. The highest BCUT2D eigenvalue weighted by molar-refractivity contribution is 6.35. The number of hydrogen-bond donors (Lipinski definition) is 1. The Hall–Kier alpha value is -2.96. The van der Waals surface area contributed by atoms with Crippen LogP contribution in [0.25, 0.3) is 10.9 Å². The van der Waals surface area contributed by atoms with E-state index < -0.39 is 11.8 Å². The molecule has 0 unspecified atom stereocenters. The summed E-state index contributed by atoms with van der Waals surface area (Å²) in [6.45, 7) is 5.10. The van der Waals surface area contributed by atoms with Gasteiger partial charge in [-0.25, -0.2) is 0 Å². The summed E-state index contributed by atoms with van der Waals surface area (Å²) in [6, 6.07) is 9.15. The Balaban J connectivity index is 1.67. The van der Waals surface area contributed by atoms with Gasteiger partial charge in [-0.3, -0.25) is 19.4 Å². The Bertz CT molecular complexity index is 836. The van der Waals surface area contributed by atoms with Gasteiger partial charge in [0.25, 0.3) is 5.91 Å². The van der Waals surface area contributed by atoms with Gasteiger partial charge in [0.15, 0.2) is 0 Å². The van der Waals surface area contributed by atoms with Gasteiger partial charge in [0.05, 0.1) is 11.1 Å². The van der Waals surface area contributed by atoms with Crippen molar-refractivity contribution in [1.82, 2.24) is 20.1 Å². The molecule has 1 aliphatic rings. The maximum absolute atomic E-state index is 12.9. The molecule has 1 aromatic heterocycles. The number of hydrogen-bond acceptors (Lipinski definition) is 4. The van der Waals surface area contributed by atoms with Crippen LogP contribution in [0.1, 0.15) is 24.2 Å². The third-order valence-corrected chi connectivity index (χ3v) is 4.35. The highest BCUT2D eigenvalue weighted by Crippen LogP contribution is 2.18. The van der Waals surface area contributed by atoms with E-state index in [4.69, 9.17) is 0 Å². The molecule has 2 heterocycles. The molecule has 0 aliphatic carbocycles. The molecule has 0 spiro atoms. The summed E-state index contributed by atoms with van der Waals surface area (Å²) in [5, 5.41) is 3.42. The van der Waals surface area contributed by atoms with Crippen LogP contribution in [0.5, 0.6) is 0 Å². The van der Waals surface area contributed by atoms with Gasteiger partial charge in [-0.05, 0) is 26.0 Å². The minimum atomic E-state index is -0.597. The lowest BCUT2D eigenvalue weighted by molar-refractivity contribution is -0.147. The molecule has 1 N–H and O–H groups in total. The number of fused-ring (bicyclic) bond motifs is 1. The van der Waals surface area contributed by atoms with Gasteiger partial charge in [-0.2, -0.15) is 0 Å².